The molecule has 0 radical (unpaired) electrons. The Bertz CT molecular complexity index is 762. The largest absolute Gasteiger partial charge is 0.403 e. The van der Waals surface area contributed by atoms with Gasteiger partial charge in [-0.2, -0.15) is 13.2 Å². The van der Waals surface area contributed by atoms with E-state index in [0.29, 0.717) is 6.07 Å². The fourth-order valence-corrected chi connectivity index (χ4v) is 2.16. The summed E-state index contributed by atoms with van der Waals surface area (Å²) in [5, 5.41) is 1.97. The van der Waals surface area contributed by atoms with Gasteiger partial charge in [0.1, 0.15) is 5.41 Å². The molecular weight excluding hydrogens is 347 g/mol. The molecule has 0 spiro atoms. The van der Waals surface area contributed by atoms with Crippen LogP contribution in [0.15, 0.2) is 30.1 Å². The molecule has 0 heterocycles. The lowest BCUT2D eigenvalue weighted by Crippen LogP contribution is -2.37. The van der Waals surface area contributed by atoms with Crippen LogP contribution >= 0.6 is 0 Å². The fraction of sp³-hybridized carbons (Fsp3) is 0.267. The summed E-state index contributed by atoms with van der Waals surface area (Å²) in [6.45, 7) is 0. The summed E-state index contributed by atoms with van der Waals surface area (Å²) in [5.74, 6) is -4.18. The second-order valence-corrected chi connectivity index (χ2v) is 5.64. The van der Waals surface area contributed by atoms with Crippen molar-refractivity contribution in [1.82, 2.24) is 0 Å². The molecule has 1 amide bonds. The second kappa shape index (κ2) is 6.26. The number of amides is 1. The Labute approximate surface area is 139 Å². The normalized spacial score (nSPS) is 16.3. The number of hydrogen-bond acceptors (Lipinski definition) is 4. The summed E-state index contributed by atoms with van der Waals surface area (Å²) in [6.07, 6.45) is -3.22. The predicted octanol–water partition coefficient (Wildman–Crippen LogP) is 2.30. The van der Waals surface area contributed by atoms with Crippen LogP contribution in [0.25, 0.3) is 5.70 Å². The summed E-state index contributed by atoms with van der Waals surface area (Å²) < 4.78 is 66.3. The number of nitrogens with one attached hydrogen (secondary N) is 1. The summed E-state index contributed by atoms with van der Waals surface area (Å²) in [4.78, 5) is 11.9. The zero-order chi connectivity index (χ0) is 19.0. The Morgan fingerprint density at radius 2 is 1.72 bits per heavy atom. The lowest BCUT2D eigenvalue weighted by molar-refractivity contribution is -0.189. The maximum atomic E-state index is 13.9. The van der Waals surface area contributed by atoms with Crippen molar-refractivity contribution in [3.05, 3.63) is 47.3 Å². The molecule has 1 aromatic rings. The molecule has 0 bridgehead atoms. The molecule has 1 saturated carbocycles. The number of benzene rings is 1. The van der Waals surface area contributed by atoms with Gasteiger partial charge in [-0.05, 0) is 31.1 Å². The third-order valence-corrected chi connectivity index (χ3v) is 3.78. The van der Waals surface area contributed by atoms with Crippen LogP contribution in [0.4, 0.5) is 27.6 Å². The van der Waals surface area contributed by atoms with Crippen molar-refractivity contribution in [1.29, 1.82) is 0 Å². The molecule has 1 aliphatic carbocycles. The number of carbonyl (C=O) groups excluding carboxylic acids is 1. The van der Waals surface area contributed by atoms with E-state index >= 15 is 0 Å². The minimum absolute atomic E-state index is 0.144. The summed E-state index contributed by atoms with van der Waals surface area (Å²) in [7, 11) is 0. The van der Waals surface area contributed by atoms with Crippen LogP contribution in [0.5, 0.6) is 0 Å². The molecule has 1 aromatic carbocycles. The Morgan fingerprint density at radius 1 is 1.12 bits per heavy atom. The molecule has 0 unspecified atom stereocenters. The third kappa shape index (κ3) is 3.67. The summed E-state index contributed by atoms with van der Waals surface area (Å²) in [6, 6.07) is 1.50. The van der Waals surface area contributed by atoms with Gasteiger partial charge < -0.3 is 22.5 Å². The molecular formula is C15H15F5N4O. The van der Waals surface area contributed by atoms with E-state index in [1.54, 1.807) is 0 Å². The van der Waals surface area contributed by atoms with Gasteiger partial charge in [-0.15, -0.1) is 0 Å². The molecule has 5 nitrogen and oxygen atoms in total. The number of rotatable bonds is 4. The lowest BCUT2D eigenvalue weighted by Gasteiger charge is -2.19. The van der Waals surface area contributed by atoms with Crippen molar-refractivity contribution in [2.24, 2.45) is 22.6 Å². The monoisotopic (exact) mass is 362 g/mol. The highest BCUT2D eigenvalue weighted by molar-refractivity contribution is 5.98. The molecule has 0 atom stereocenters. The van der Waals surface area contributed by atoms with Crippen molar-refractivity contribution >= 4 is 17.3 Å². The first-order chi connectivity index (χ1) is 11.5. The van der Waals surface area contributed by atoms with Crippen LogP contribution in [0.1, 0.15) is 18.4 Å². The first-order valence-electron chi connectivity index (χ1n) is 7.04. The van der Waals surface area contributed by atoms with E-state index in [-0.39, 0.29) is 30.0 Å². The number of carbonyl (C=O) groups is 1. The maximum Gasteiger partial charge on any atom is 0.403 e. The zero-order valence-electron chi connectivity index (χ0n) is 12.8. The minimum atomic E-state index is -4.72. The van der Waals surface area contributed by atoms with Gasteiger partial charge >= 0.3 is 6.18 Å². The molecule has 0 aliphatic heterocycles. The Hall–Kier alpha value is -2.78. The molecule has 10 heteroatoms. The third-order valence-electron chi connectivity index (χ3n) is 3.78. The summed E-state index contributed by atoms with van der Waals surface area (Å²) >= 11 is 0. The van der Waals surface area contributed by atoms with Gasteiger partial charge in [0, 0.05) is 23.0 Å². The van der Waals surface area contributed by atoms with Gasteiger partial charge in [-0.3, -0.25) is 4.79 Å². The van der Waals surface area contributed by atoms with Crippen LogP contribution in [0.3, 0.4) is 0 Å². The first-order valence-corrected chi connectivity index (χ1v) is 7.04. The van der Waals surface area contributed by atoms with E-state index < -0.39 is 34.7 Å². The number of nitrogens with two attached hydrogens (primary N) is 3. The van der Waals surface area contributed by atoms with Crippen molar-refractivity contribution < 1.29 is 26.7 Å². The van der Waals surface area contributed by atoms with E-state index in [4.69, 9.17) is 17.2 Å². The molecule has 2 rings (SSSR count). The number of allylic oxidation sites excluding steroid dienone is 2. The molecule has 7 N–H and O–H groups in total. The van der Waals surface area contributed by atoms with Gasteiger partial charge in [0.25, 0.3) is 0 Å². The maximum absolute atomic E-state index is 13.9. The van der Waals surface area contributed by atoms with Crippen LogP contribution in [-0.2, 0) is 4.79 Å². The smallest absolute Gasteiger partial charge is 0.398 e. The lowest BCUT2D eigenvalue weighted by atomic mass is 10.0. The van der Waals surface area contributed by atoms with E-state index in [9.17, 15) is 26.7 Å². The Balaban J connectivity index is 2.33. The highest BCUT2D eigenvalue weighted by Crippen LogP contribution is 2.58. The number of anilines is 1. The van der Waals surface area contributed by atoms with Gasteiger partial charge in [-0.1, -0.05) is 0 Å². The van der Waals surface area contributed by atoms with E-state index in [1.165, 1.54) is 0 Å². The minimum Gasteiger partial charge on any atom is -0.398 e. The van der Waals surface area contributed by atoms with Crippen molar-refractivity contribution in [2.75, 3.05) is 5.32 Å². The molecule has 1 aliphatic rings. The van der Waals surface area contributed by atoms with Crippen LogP contribution < -0.4 is 22.5 Å². The highest BCUT2D eigenvalue weighted by Gasteiger charge is 2.68. The van der Waals surface area contributed by atoms with Crippen molar-refractivity contribution in [3.63, 3.8) is 0 Å². The predicted molar refractivity (Wildman–Crippen MR) is 81.3 cm³/mol. The Morgan fingerprint density at radius 3 is 2.20 bits per heavy atom. The van der Waals surface area contributed by atoms with Crippen LogP contribution in [-0.4, -0.2) is 12.1 Å². The van der Waals surface area contributed by atoms with Crippen molar-refractivity contribution in [3.8, 4) is 0 Å². The quantitative estimate of drug-likeness (QED) is 0.487. The van der Waals surface area contributed by atoms with E-state index in [2.05, 4.69) is 0 Å². The topological polar surface area (TPSA) is 107 Å². The Kier molecular flexibility index (Phi) is 4.65. The average molecular weight is 362 g/mol. The molecule has 0 aromatic heterocycles. The average Bonchev–Trinajstić information content (AvgIpc) is 3.29. The molecule has 25 heavy (non-hydrogen) atoms. The fourth-order valence-electron chi connectivity index (χ4n) is 2.16. The van der Waals surface area contributed by atoms with Gasteiger partial charge in [-0.25, -0.2) is 8.78 Å². The molecule has 1 fully saturated rings. The van der Waals surface area contributed by atoms with Gasteiger partial charge in [0.2, 0.25) is 5.91 Å². The number of halogens is 5. The van der Waals surface area contributed by atoms with Crippen molar-refractivity contribution in [2.45, 2.75) is 19.0 Å². The summed E-state index contributed by atoms with van der Waals surface area (Å²) in [5.41, 5.74) is 12.4. The second-order valence-electron chi connectivity index (χ2n) is 5.64. The zero-order valence-corrected chi connectivity index (χ0v) is 12.8. The first kappa shape index (κ1) is 18.6. The highest BCUT2D eigenvalue weighted by atomic mass is 19.4. The van der Waals surface area contributed by atoms with Gasteiger partial charge in [0.15, 0.2) is 11.6 Å². The number of alkyl halides is 3. The molecule has 136 valence electrons. The van der Waals surface area contributed by atoms with Gasteiger partial charge in [0.05, 0.1) is 5.82 Å². The van der Waals surface area contributed by atoms with E-state index in [1.807, 2.05) is 5.32 Å². The van der Waals surface area contributed by atoms with Crippen LogP contribution in [0.2, 0.25) is 0 Å². The SMILES string of the molecule is NC(N)=C/C=C(\N)c1cc(NC(=O)C2(C(F)(F)F)CC2)cc(F)c1F. The number of hydrogen-bond donors (Lipinski definition) is 4. The van der Waals surface area contributed by atoms with E-state index in [0.717, 1.165) is 18.2 Å². The standard InChI is InChI=1S/C15H15F5N4O/c16-9-6-7(24-13(25)14(3-4-14)15(18,19)20)5-8(12(9)17)10(21)1-2-11(22)23/h1-2,5-6H,3-4,21-23H2,(H,24,25)/b10-1-. The molecule has 0 saturated heterocycles. The van der Waals surface area contributed by atoms with Crippen LogP contribution in [0, 0.1) is 17.0 Å².